The molecule has 0 spiro atoms. The topological polar surface area (TPSA) is 39.3 Å². The Kier molecular flexibility index (Phi) is 4.24. The van der Waals surface area contributed by atoms with Crippen molar-refractivity contribution in [3.05, 3.63) is 70.9 Å². The van der Waals surface area contributed by atoms with E-state index >= 15 is 0 Å². The van der Waals surface area contributed by atoms with E-state index in [1.807, 2.05) is 43.1 Å². The van der Waals surface area contributed by atoms with Crippen LogP contribution in [0.5, 0.6) is 0 Å². The summed E-state index contributed by atoms with van der Waals surface area (Å²) in [6.45, 7) is 4.18. The van der Waals surface area contributed by atoms with Gasteiger partial charge in [-0.15, -0.1) is 0 Å². The predicted octanol–water partition coefficient (Wildman–Crippen LogP) is 4.31. The van der Waals surface area contributed by atoms with Crippen molar-refractivity contribution in [2.75, 3.05) is 20.1 Å². The lowest BCUT2D eigenvalue weighted by Gasteiger charge is -2.44. The molecule has 1 unspecified atom stereocenters. The van der Waals surface area contributed by atoms with Gasteiger partial charge in [0, 0.05) is 48.3 Å². The zero-order valence-electron chi connectivity index (χ0n) is 16.6. The lowest BCUT2D eigenvalue weighted by molar-refractivity contribution is 0.0495. The quantitative estimate of drug-likeness (QED) is 0.727. The number of nitrogens with zero attached hydrogens (tertiary/aromatic N) is 2. The molecule has 1 amide bonds. The second-order valence-electron chi connectivity index (χ2n) is 8.27. The van der Waals surface area contributed by atoms with E-state index in [1.54, 1.807) is 0 Å². The van der Waals surface area contributed by atoms with Gasteiger partial charge in [0.2, 0.25) is 0 Å². The van der Waals surface area contributed by atoms with Crippen molar-refractivity contribution in [2.24, 2.45) is 0 Å². The van der Waals surface area contributed by atoms with Crippen LogP contribution in [0.15, 0.2) is 48.5 Å². The van der Waals surface area contributed by atoms with E-state index in [4.69, 9.17) is 0 Å². The first-order chi connectivity index (χ1) is 13.6. The third-order valence-electron chi connectivity index (χ3n) is 6.76. The molecule has 28 heavy (non-hydrogen) atoms. The number of carbonyl (C=O) groups is 1. The summed E-state index contributed by atoms with van der Waals surface area (Å²) in [5, 5.41) is 1.36. The second kappa shape index (κ2) is 6.78. The number of hydrogen-bond acceptors (Lipinski definition) is 2. The molecule has 1 saturated heterocycles. The standard InChI is InChI=1S/C24H27N3O/c1-16-7-3-4-8-18(16)24(28)26(2)17-11-13-27-14-12-20-19-9-5-6-10-21(19)25-23(20)22(27)15-17/h3-10,17,22,25H,11-15H2,1-2H3/t17?,22-/m0/s1. The number of H-pyrrole nitrogens is 1. The highest BCUT2D eigenvalue weighted by molar-refractivity contribution is 5.95. The Morgan fingerprint density at radius 2 is 1.89 bits per heavy atom. The van der Waals surface area contributed by atoms with E-state index < -0.39 is 0 Å². The van der Waals surface area contributed by atoms with Crippen LogP contribution in [0.4, 0.5) is 0 Å². The molecule has 0 aliphatic carbocycles. The molecule has 4 nitrogen and oxygen atoms in total. The Morgan fingerprint density at radius 3 is 2.75 bits per heavy atom. The number of nitrogens with one attached hydrogen (secondary N) is 1. The molecule has 1 fully saturated rings. The maximum Gasteiger partial charge on any atom is 0.254 e. The largest absolute Gasteiger partial charge is 0.357 e. The van der Waals surface area contributed by atoms with Crippen molar-refractivity contribution in [2.45, 2.75) is 38.3 Å². The predicted molar refractivity (Wildman–Crippen MR) is 113 cm³/mol. The molecule has 1 aromatic heterocycles. The number of carbonyl (C=O) groups excluding carboxylic acids is 1. The van der Waals surface area contributed by atoms with Crippen LogP contribution in [0.1, 0.15) is 46.1 Å². The molecule has 3 heterocycles. The number of fused-ring (bicyclic) bond motifs is 5. The van der Waals surface area contributed by atoms with Gasteiger partial charge >= 0.3 is 0 Å². The minimum absolute atomic E-state index is 0.143. The van der Waals surface area contributed by atoms with Crippen LogP contribution >= 0.6 is 0 Å². The number of para-hydroxylation sites is 1. The average molecular weight is 374 g/mol. The maximum absolute atomic E-state index is 13.1. The minimum atomic E-state index is 0.143. The molecular formula is C24H27N3O. The number of piperidine rings is 1. The fourth-order valence-corrected chi connectivity index (χ4v) is 5.11. The Hall–Kier alpha value is -2.59. The van der Waals surface area contributed by atoms with Gasteiger partial charge in [-0.3, -0.25) is 9.69 Å². The Morgan fingerprint density at radius 1 is 1.11 bits per heavy atom. The summed E-state index contributed by atoms with van der Waals surface area (Å²) < 4.78 is 0. The molecule has 5 rings (SSSR count). The molecule has 2 aromatic carbocycles. The first kappa shape index (κ1) is 17.5. The fourth-order valence-electron chi connectivity index (χ4n) is 5.11. The van der Waals surface area contributed by atoms with Crippen LogP contribution in [0, 0.1) is 6.92 Å². The number of amides is 1. The van der Waals surface area contributed by atoms with Gasteiger partial charge in [0.15, 0.2) is 0 Å². The highest BCUT2D eigenvalue weighted by Crippen LogP contribution is 2.40. The Labute approximate surface area is 166 Å². The highest BCUT2D eigenvalue weighted by Gasteiger charge is 2.37. The number of aryl methyl sites for hydroxylation is 1. The van der Waals surface area contributed by atoms with Crippen LogP contribution in [-0.4, -0.2) is 46.9 Å². The van der Waals surface area contributed by atoms with Gasteiger partial charge in [0.25, 0.3) is 5.91 Å². The first-order valence-electron chi connectivity index (χ1n) is 10.3. The molecule has 3 aromatic rings. The van der Waals surface area contributed by atoms with Gasteiger partial charge in [-0.1, -0.05) is 36.4 Å². The number of rotatable bonds is 2. The molecule has 2 aliphatic heterocycles. The van der Waals surface area contributed by atoms with E-state index in [2.05, 4.69) is 34.1 Å². The molecule has 2 atom stereocenters. The van der Waals surface area contributed by atoms with Crippen molar-refractivity contribution in [3.63, 3.8) is 0 Å². The molecule has 0 bridgehead atoms. The van der Waals surface area contributed by atoms with Gasteiger partial charge in [-0.2, -0.15) is 0 Å². The van der Waals surface area contributed by atoms with Gasteiger partial charge in [-0.25, -0.2) is 0 Å². The van der Waals surface area contributed by atoms with Gasteiger partial charge in [0.05, 0.1) is 6.04 Å². The minimum Gasteiger partial charge on any atom is -0.357 e. The van der Waals surface area contributed by atoms with Crippen LogP contribution in [0.3, 0.4) is 0 Å². The van der Waals surface area contributed by atoms with Crippen LogP contribution in [-0.2, 0) is 6.42 Å². The molecule has 4 heteroatoms. The van der Waals surface area contributed by atoms with Crippen LogP contribution < -0.4 is 0 Å². The summed E-state index contributed by atoms with van der Waals surface area (Å²) >= 11 is 0. The lowest BCUT2D eigenvalue weighted by atomic mass is 9.87. The van der Waals surface area contributed by atoms with Gasteiger partial charge in [0.1, 0.15) is 0 Å². The van der Waals surface area contributed by atoms with E-state index in [-0.39, 0.29) is 11.9 Å². The van der Waals surface area contributed by atoms with Crippen LogP contribution in [0.2, 0.25) is 0 Å². The van der Waals surface area contributed by atoms with Crippen molar-refractivity contribution in [3.8, 4) is 0 Å². The van der Waals surface area contributed by atoms with Gasteiger partial charge < -0.3 is 9.88 Å². The zero-order chi connectivity index (χ0) is 19.3. The molecule has 2 aliphatic rings. The summed E-state index contributed by atoms with van der Waals surface area (Å²) in [4.78, 5) is 21.4. The maximum atomic E-state index is 13.1. The summed E-state index contributed by atoms with van der Waals surface area (Å²) in [7, 11) is 1.98. The SMILES string of the molecule is Cc1ccccc1C(=O)N(C)C1CCN2CCc3c([nH]c4ccccc34)[C@@H]2C1. The number of aromatic nitrogens is 1. The molecule has 0 radical (unpaired) electrons. The highest BCUT2D eigenvalue weighted by atomic mass is 16.2. The van der Waals surface area contributed by atoms with Crippen molar-refractivity contribution < 1.29 is 4.79 Å². The summed E-state index contributed by atoms with van der Waals surface area (Å²) in [5.41, 5.74) is 5.95. The van der Waals surface area contributed by atoms with E-state index in [9.17, 15) is 4.79 Å². The monoisotopic (exact) mass is 373 g/mol. The molecule has 144 valence electrons. The molecular weight excluding hydrogens is 346 g/mol. The number of hydrogen-bond donors (Lipinski definition) is 1. The van der Waals surface area contributed by atoms with Crippen molar-refractivity contribution >= 4 is 16.8 Å². The third-order valence-corrected chi connectivity index (χ3v) is 6.76. The van der Waals surface area contributed by atoms with Crippen molar-refractivity contribution in [1.82, 2.24) is 14.8 Å². The van der Waals surface area contributed by atoms with Crippen molar-refractivity contribution in [1.29, 1.82) is 0 Å². The van der Waals surface area contributed by atoms with Crippen LogP contribution in [0.25, 0.3) is 10.9 Å². The Balaban J connectivity index is 1.43. The lowest BCUT2D eigenvalue weighted by Crippen LogP contribution is -2.49. The number of aromatic amines is 1. The smallest absolute Gasteiger partial charge is 0.254 e. The average Bonchev–Trinajstić information content (AvgIpc) is 3.12. The normalized spacial score (nSPS) is 21.9. The second-order valence-corrected chi connectivity index (χ2v) is 8.27. The summed E-state index contributed by atoms with van der Waals surface area (Å²) in [6, 6.07) is 17.2. The third kappa shape index (κ3) is 2.75. The van der Waals surface area contributed by atoms with E-state index in [1.165, 1.54) is 22.2 Å². The zero-order valence-corrected chi connectivity index (χ0v) is 16.6. The Bertz CT molecular complexity index is 1040. The summed E-state index contributed by atoms with van der Waals surface area (Å²) in [6.07, 6.45) is 3.15. The first-order valence-corrected chi connectivity index (χ1v) is 10.3. The van der Waals surface area contributed by atoms with E-state index in [0.29, 0.717) is 6.04 Å². The van der Waals surface area contributed by atoms with Gasteiger partial charge in [-0.05, 0) is 49.4 Å². The summed E-state index contributed by atoms with van der Waals surface area (Å²) in [5.74, 6) is 0.143. The molecule has 1 N–H and O–H groups in total. The molecule has 0 saturated carbocycles. The van der Waals surface area contributed by atoms with E-state index in [0.717, 1.165) is 43.5 Å². The number of benzene rings is 2. The fraction of sp³-hybridized carbons (Fsp3) is 0.375.